The zero-order valence-corrected chi connectivity index (χ0v) is 14.7. The summed E-state index contributed by atoms with van der Waals surface area (Å²) in [6, 6.07) is 3.87. The van der Waals surface area contributed by atoms with E-state index in [1.54, 1.807) is 0 Å². The van der Waals surface area contributed by atoms with Crippen LogP contribution in [0.3, 0.4) is 0 Å². The highest BCUT2D eigenvalue weighted by Gasteiger charge is 2.42. The van der Waals surface area contributed by atoms with Gasteiger partial charge < -0.3 is 5.11 Å². The summed E-state index contributed by atoms with van der Waals surface area (Å²) in [6.45, 7) is 0. The molecular formula is C15H20O6S2. The Bertz CT molecular complexity index is 831. The first-order valence-electron chi connectivity index (χ1n) is 7.26. The molecule has 0 aliphatic heterocycles. The summed E-state index contributed by atoms with van der Waals surface area (Å²) in [7, 11) is -7.53. The Kier molecular flexibility index (Phi) is 4.60. The highest BCUT2D eigenvalue weighted by molar-refractivity contribution is 7.93. The van der Waals surface area contributed by atoms with Crippen molar-refractivity contribution in [2.45, 2.75) is 47.3 Å². The molecule has 0 bridgehead atoms. The van der Waals surface area contributed by atoms with E-state index >= 15 is 0 Å². The first-order chi connectivity index (χ1) is 10.5. The molecular weight excluding hydrogens is 340 g/mol. The summed E-state index contributed by atoms with van der Waals surface area (Å²) < 4.78 is 47.6. The van der Waals surface area contributed by atoms with Crippen LogP contribution in [-0.4, -0.2) is 40.4 Å². The monoisotopic (exact) mass is 360 g/mol. The van der Waals surface area contributed by atoms with Crippen molar-refractivity contribution in [3.63, 3.8) is 0 Å². The lowest BCUT2D eigenvalue weighted by Gasteiger charge is -2.34. The van der Waals surface area contributed by atoms with Crippen LogP contribution in [0.25, 0.3) is 0 Å². The molecule has 23 heavy (non-hydrogen) atoms. The average molecular weight is 360 g/mol. The Morgan fingerprint density at radius 2 is 1.48 bits per heavy atom. The van der Waals surface area contributed by atoms with E-state index in [4.69, 9.17) is 0 Å². The Morgan fingerprint density at radius 3 is 1.91 bits per heavy atom. The largest absolute Gasteiger partial charge is 0.481 e. The molecule has 1 aromatic carbocycles. The normalized spacial score (nSPS) is 18.5. The van der Waals surface area contributed by atoms with Crippen LogP contribution in [-0.2, 0) is 29.9 Å². The second-order valence-corrected chi connectivity index (χ2v) is 10.1. The van der Waals surface area contributed by atoms with Gasteiger partial charge in [0.25, 0.3) is 0 Å². The number of carboxylic acids is 1. The molecule has 0 radical (unpaired) electrons. The lowest BCUT2D eigenvalue weighted by Crippen LogP contribution is -2.38. The number of sulfone groups is 2. The van der Waals surface area contributed by atoms with Crippen molar-refractivity contribution in [2.75, 3.05) is 12.5 Å². The molecule has 8 heteroatoms. The van der Waals surface area contributed by atoms with Gasteiger partial charge in [0.15, 0.2) is 19.7 Å². The third-order valence-corrected chi connectivity index (χ3v) is 6.83. The Labute approximate surface area is 136 Å². The van der Waals surface area contributed by atoms with Gasteiger partial charge in [-0.3, -0.25) is 4.79 Å². The van der Waals surface area contributed by atoms with E-state index in [2.05, 4.69) is 0 Å². The van der Waals surface area contributed by atoms with Gasteiger partial charge in [-0.1, -0.05) is 25.3 Å². The smallest absolute Gasteiger partial charge is 0.314 e. The minimum atomic E-state index is -3.80. The van der Waals surface area contributed by atoms with E-state index in [0.717, 1.165) is 31.8 Å². The number of aliphatic carboxylic acids is 1. The molecule has 0 saturated heterocycles. The number of carbonyl (C=O) groups is 1. The molecule has 2 rings (SSSR count). The molecule has 1 aliphatic rings. The van der Waals surface area contributed by atoms with Gasteiger partial charge >= 0.3 is 5.97 Å². The molecule has 1 N–H and O–H groups in total. The third-order valence-electron chi connectivity index (χ3n) is 4.41. The van der Waals surface area contributed by atoms with E-state index in [9.17, 15) is 26.7 Å². The van der Waals surface area contributed by atoms with Crippen LogP contribution in [0.4, 0.5) is 0 Å². The van der Waals surface area contributed by atoms with Gasteiger partial charge in [-0.2, -0.15) is 0 Å². The molecule has 6 nitrogen and oxygen atoms in total. The Hall–Kier alpha value is -1.41. The molecule has 0 unspecified atom stereocenters. The molecule has 1 fully saturated rings. The summed E-state index contributed by atoms with van der Waals surface area (Å²) in [5, 5.41) is 9.70. The molecule has 1 aromatic rings. The first-order valence-corrected chi connectivity index (χ1v) is 11.0. The molecule has 0 amide bonds. The SMILES string of the molecule is CS(=O)(=O)c1ccc(C2(C(=O)O)CCCCC2)cc1S(C)(=O)=O. The lowest BCUT2D eigenvalue weighted by molar-refractivity contribution is -0.145. The van der Waals surface area contributed by atoms with Crippen LogP contribution in [0.2, 0.25) is 0 Å². The van der Waals surface area contributed by atoms with Crippen LogP contribution in [0.5, 0.6) is 0 Å². The van der Waals surface area contributed by atoms with Gasteiger partial charge in [0.05, 0.1) is 15.2 Å². The van der Waals surface area contributed by atoms with Gasteiger partial charge in [-0.25, -0.2) is 16.8 Å². The highest BCUT2D eigenvalue weighted by atomic mass is 32.2. The second-order valence-electron chi connectivity index (χ2n) is 6.15. The zero-order chi connectivity index (χ0) is 17.5. The van der Waals surface area contributed by atoms with Gasteiger partial charge in [0, 0.05) is 12.5 Å². The van der Waals surface area contributed by atoms with Crippen molar-refractivity contribution in [2.24, 2.45) is 0 Å². The third kappa shape index (κ3) is 3.42. The van der Waals surface area contributed by atoms with E-state index < -0.39 is 31.1 Å². The van der Waals surface area contributed by atoms with E-state index in [1.807, 2.05) is 0 Å². The van der Waals surface area contributed by atoms with Crippen molar-refractivity contribution in [1.82, 2.24) is 0 Å². The predicted molar refractivity (Wildman–Crippen MR) is 85.1 cm³/mol. The summed E-state index contributed by atoms with van der Waals surface area (Å²) in [4.78, 5) is 11.2. The van der Waals surface area contributed by atoms with Crippen molar-refractivity contribution in [3.05, 3.63) is 23.8 Å². The summed E-state index contributed by atoms with van der Waals surface area (Å²) in [6.07, 6.45) is 5.13. The minimum Gasteiger partial charge on any atom is -0.481 e. The van der Waals surface area contributed by atoms with E-state index in [0.29, 0.717) is 18.4 Å². The molecule has 0 heterocycles. The van der Waals surface area contributed by atoms with E-state index in [-0.39, 0.29) is 9.79 Å². The fraction of sp³-hybridized carbons (Fsp3) is 0.533. The molecule has 0 atom stereocenters. The maximum Gasteiger partial charge on any atom is 0.314 e. The first kappa shape index (κ1) is 17.9. The second kappa shape index (κ2) is 5.90. The number of benzene rings is 1. The Balaban J connectivity index is 2.73. The summed E-state index contributed by atoms with van der Waals surface area (Å²) in [5.41, 5.74) is -0.786. The lowest BCUT2D eigenvalue weighted by atomic mass is 9.69. The van der Waals surface area contributed by atoms with Crippen LogP contribution < -0.4 is 0 Å². The summed E-state index contributed by atoms with van der Waals surface area (Å²) in [5.74, 6) is -0.997. The fourth-order valence-corrected chi connectivity index (χ4v) is 5.61. The van der Waals surface area contributed by atoms with Crippen LogP contribution >= 0.6 is 0 Å². The van der Waals surface area contributed by atoms with Crippen molar-refractivity contribution in [3.8, 4) is 0 Å². The van der Waals surface area contributed by atoms with Crippen LogP contribution in [0.1, 0.15) is 37.7 Å². The molecule has 128 valence electrons. The number of carboxylic acid groups (broad SMARTS) is 1. The predicted octanol–water partition coefficient (Wildman–Crippen LogP) is 1.78. The van der Waals surface area contributed by atoms with E-state index in [1.165, 1.54) is 18.2 Å². The fourth-order valence-electron chi connectivity index (χ4n) is 3.18. The average Bonchev–Trinajstić information content (AvgIpc) is 2.45. The van der Waals surface area contributed by atoms with Crippen molar-refractivity contribution >= 4 is 25.6 Å². The topological polar surface area (TPSA) is 106 Å². The number of rotatable bonds is 4. The van der Waals surface area contributed by atoms with Crippen molar-refractivity contribution in [1.29, 1.82) is 0 Å². The van der Waals surface area contributed by atoms with Gasteiger partial charge in [0.1, 0.15) is 0 Å². The van der Waals surface area contributed by atoms with Gasteiger partial charge in [0.2, 0.25) is 0 Å². The molecule has 1 aliphatic carbocycles. The Morgan fingerprint density at radius 1 is 0.957 bits per heavy atom. The van der Waals surface area contributed by atoms with Crippen LogP contribution in [0.15, 0.2) is 28.0 Å². The summed E-state index contributed by atoms with van der Waals surface area (Å²) >= 11 is 0. The number of hydrogen-bond donors (Lipinski definition) is 1. The maximum absolute atomic E-state index is 12.0. The molecule has 1 saturated carbocycles. The molecule has 0 spiro atoms. The van der Waals surface area contributed by atoms with Crippen molar-refractivity contribution < 1.29 is 26.7 Å². The van der Waals surface area contributed by atoms with Gasteiger partial charge in [-0.05, 0) is 30.5 Å². The standard InChI is InChI=1S/C15H20O6S2/c1-22(18,19)12-7-6-11(10-13(12)23(2,20)21)15(14(16)17)8-4-3-5-9-15/h6-7,10H,3-5,8-9H2,1-2H3,(H,16,17). The zero-order valence-electron chi connectivity index (χ0n) is 13.1. The highest BCUT2D eigenvalue weighted by Crippen LogP contribution is 2.41. The quantitative estimate of drug-likeness (QED) is 0.877. The minimum absolute atomic E-state index is 0.292. The number of hydrogen-bond acceptors (Lipinski definition) is 5. The van der Waals surface area contributed by atoms with Crippen LogP contribution in [0, 0.1) is 0 Å². The molecule has 0 aromatic heterocycles. The maximum atomic E-state index is 12.0. The van der Waals surface area contributed by atoms with Gasteiger partial charge in [-0.15, -0.1) is 0 Å².